The van der Waals surface area contributed by atoms with Crippen molar-refractivity contribution >= 4 is 13.3 Å². The summed E-state index contributed by atoms with van der Waals surface area (Å²) in [5.74, 6) is 0. The molecule has 2 rings (SSSR count). The van der Waals surface area contributed by atoms with Gasteiger partial charge in [0, 0.05) is 0 Å². The van der Waals surface area contributed by atoms with E-state index >= 15 is 0 Å². The second-order valence-electron chi connectivity index (χ2n) is 8.11. The molecule has 0 heterocycles. The minimum Gasteiger partial charge on any atom is -0.0810 e. The maximum atomic E-state index is 2.33. The molecular weight excluding hydrogens is 251 g/mol. The van der Waals surface area contributed by atoms with Gasteiger partial charge in [0.05, 0.1) is 0 Å². The van der Waals surface area contributed by atoms with Crippen molar-refractivity contribution in [3.05, 3.63) is 53.6 Å². The van der Waals surface area contributed by atoms with Gasteiger partial charge in [-0.1, -0.05) is 89.5 Å². The standard InChI is InChI=1S/C20H27B/c1-19(2,3)15-9-7-14(8-10-15)17-12-11-16(13-18(17)21)20(4,5)6/h7-13H,21H2,1-6H3. The molecule has 110 valence electrons. The van der Waals surface area contributed by atoms with Crippen LogP contribution in [0.5, 0.6) is 0 Å². The van der Waals surface area contributed by atoms with Crippen LogP contribution in [0.25, 0.3) is 11.1 Å². The fraction of sp³-hybridized carbons (Fsp3) is 0.400. The molecule has 2 aromatic rings. The molecule has 2 aromatic carbocycles. The molecule has 0 aliphatic heterocycles. The summed E-state index contributed by atoms with van der Waals surface area (Å²) in [4.78, 5) is 0. The highest BCUT2D eigenvalue weighted by atomic mass is 14.2. The lowest BCUT2D eigenvalue weighted by molar-refractivity contribution is 0.590. The molecular formula is C20H27B. The van der Waals surface area contributed by atoms with E-state index in [0.29, 0.717) is 0 Å². The second-order valence-corrected chi connectivity index (χ2v) is 8.11. The Morgan fingerprint density at radius 3 is 1.57 bits per heavy atom. The van der Waals surface area contributed by atoms with Gasteiger partial charge in [0.1, 0.15) is 7.85 Å². The molecule has 21 heavy (non-hydrogen) atoms. The van der Waals surface area contributed by atoms with Gasteiger partial charge in [-0.05, 0) is 33.1 Å². The van der Waals surface area contributed by atoms with E-state index in [0.717, 1.165) is 0 Å². The van der Waals surface area contributed by atoms with E-state index in [1.165, 1.54) is 27.7 Å². The molecule has 0 amide bonds. The molecule has 0 saturated carbocycles. The summed E-state index contributed by atoms with van der Waals surface area (Å²) >= 11 is 0. The molecule has 0 radical (unpaired) electrons. The molecule has 0 saturated heterocycles. The van der Waals surface area contributed by atoms with Crippen molar-refractivity contribution in [2.75, 3.05) is 0 Å². The van der Waals surface area contributed by atoms with Gasteiger partial charge >= 0.3 is 0 Å². The molecule has 0 N–H and O–H groups in total. The molecule has 0 atom stereocenters. The number of hydrogen-bond acceptors (Lipinski definition) is 0. The van der Waals surface area contributed by atoms with E-state index in [2.05, 4.69) is 91.9 Å². The third kappa shape index (κ3) is 3.58. The van der Waals surface area contributed by atoms with Gasteiger partial charge in [-0.2, -0.15) is 0 Å². The number of hydrogen-bond donors (Lipinski definition) is 0. The third-order valence-corrected chi connectivity index (χ3v) is 4.15. The van der Waals surface area contributed by atoms with Gasteiger partial charge in [-0.25, -0.2) is 0 Å². The van der Waals surface area contributed by atoms with Crippen LogP contribution < -0.4 is 5.46 Å². The monoisotopic (exact) mass is 278 g/mol. The summed E-state index contributed by atoms with van der Waals surface area (Å²) in [6, 6.07) is 15.9. The Balaban J connectivity index is 2.39. The Labute approximate surface area is 131 Å². The quantitative estimate of drug-likeness (QED) is 0.686. The van der Waals surface area contributed by atoms with E-state index < -0.39 is 0 Å². The Hall–Kier alpha value is -1.50. The molecule has 0 nitrogen and oxygen atoms in total. The van der Waals surface area contributed by atoms with Crippen LogP contribution in [0.15, 0.2) is 42.5 Å². The summed E-state index contributed by atoms with van der Waals surface area (Å²) in [6.07, 6.45) is 0. The van der Waals surface area contributed by atoms with Crippen LogP contribution >= 0.6 is 0 Å². The van der Waals surface area contributed by atoms with Crippen LogP contribution in [0, 0.1) is 0 Å². The zero-order chi connectivity index (χ0) is 15.8. The minimum atomic E-state index is 0.208. The van der Waals surface area contributed by atoms with Crippen molar-refractivity contribution in [2.45, 2.75) is 52.4 Å². The average Bonchev–Trinajstić information content (AvgIpc) is 2.36. The third-order valence-electron chi connectivity index (χ3n) is 4.15. The van der Waals surface area contributed by atoms with Crippen LogP contribution in [-0.2, 0) is 10.8 Å². The van der Waals surface area contributed by atoms with Gasteiger partial charge < -0.3 is 0 Å². The summed E-state index contributed by atoms with van der Waals surface area (Å²) in [7, 11) is 2.21. The van der Waals surface area contributed by atoms with Crippen LogP contribution in [0.1, 0.15) is 52.7 Å². The molecule has 0 fully saturated rings. The Kier molecular flexibility index (Phi) is 4.06. The fourth-order valence-corrected chi connectivity index (χ4v) is 2.60. The van der Waals surface area contributed by atoms with E-state index in [4.69, 9.17) is 0 Å². The maximum Gasteiger partial charge on any atom is 0.140 e. The Bertz CT molecular complexity index is 622. The molecule has 0 aliphatic rings. The normalized spacial score (nSPS) is 12.5. The van der Waals surface area contributed by atoms with Crippen molar-refractivity contribution in [1.82, 2.24) is 0 Å². The number of benzene rings is 2. The smallest absolute Gasteiger partial charge is 0.0810 e. The summed E-state index contributed by atoms with van der Waals surface area (Å²) in [5.41, 5.74) is 7.20. The highest BCUT2D eigenvalue weighted by Gasteiger charge is 2.16. The first-order valence-corrected chi connectivity index (χ1v) is 7.81. The van der Waals surface area contributed by atoms with Crippen LogP contribution in [0.2, 0.25) is 0 Å². The van der Waals surface area contributed by atoms with E-state index in [-0.39, 0.29) is 10.8 Å². The Morgan fingerprint density at radius 2 is 1.14 bits per heavy atom. The highest BCUT2D eigenvalue weighted by molar-refractivity contribution is 6.36. The van der Waals surface area contributed by atoms with Crippen molar-refractivity contribution in [3.8, 4) is 11.1 Å². The predicted molar refractivity (Wildman–Crippen MR) is 97.5 cm³/mol. The SMILES string of the molecule is Bc1cc(C(C)(C)C)ccc1-c1ccc(C(C)(C)C)cc1. The van der Waals surface area contributed by atoms with Gasteiger partial charge in [0.2, 0.25) is 0 Å². The molecule has 0 unspecified atom stereocenters. The summed E-state index contributed by atoms with van der Waals surface area (Å²) in [5, 5.41) is 0. The average molecular weight is 278 g/mol. The fourth-order valence-electron chi connectivity index (χ4n) is 2.60. The minimum absolute atomic E-state index is 0.208. The Morgan fingerprint density at radius 1 is 0.667 bits per heavy atom. The summed E-state index contributed by atoms with van der Waals surface area (Å²) < 4.78 is 0. The lowest BCUT2D eigenvalue weighted by Gasteiger charge is -2.21. The van der Waals surface area contributed by atoms with Crippen molar-refractivity contribution in [2.24, 2.45) is 0 Å². The van der Waals surface area contributed by atoms with Crippen LogP contribution in [-0.4, -0.2) is 7.85 Å². The van der Waals surface area contributed by atoms with Gasteiger partial charge in [0.25, 0.3) is 0 Å². The van der Waals surface area contributed by atoms with Crippen LogP contribution in [0.4, 0.5) is 0 Å². The molecule has 0 aliphatic carbocycles. The van der Waals surface area contributed by atoms with Crippen LogP contribution in [0.3, 0.4) is 0 Å². The largest absolute Gasteiger partial charge is 0.140 e. The molecule has 0 aromatic heterocycles. The zero-order valence-electron chi connectivity index (χ0n) is 14.5. The first-order valence-electron chi connectivity index (χ1n) is 7.81. The van der Waals surface area contributed by atoms with E-state index in [1.807, 2.05) is 0 Å². The predicted octanol–water partition coefficient (Wildman–Crippen LogP) is 4.21. The molecule has 0 bridgehead atoms. The lowest BCUT2D eigenvalue weighted by Crippen LogP contribution is -2.16. The van der Waals surface area contributed by atoms with Crippen molar-refractivity contribution in [3.63, 3.8) is 0 Å². The summed E-state index contributed by atoms with van der Waals surface area (Å²) in [6.45, 7) is 13.6. The molecule has 1 heteroatoms. The molecule has 0 spiro atoms. The lowest BCUT2D eigenvalue weighted by atomic mass is 9.79. The van der Waals surface area contributed by atoms with E-state index in [1.54, 1.807) is 0 Å². The first-order chi connectivity index (χ1) is 9.59. The second kappa shape index (κ2) is 5.37. The van der Waals surface area contributed by atoms with Gasteiger partial charge in [-0.15, -0.1) is 0 Å². The van der Waals surface area contributed by atoms with E-state index in [9.17, 15) is 0 Å². The zero-order valence-corrected chi connectivity index (χ0v) is 14.5. The number of rotatable bonds is 1. The highest BCUT2D eigenvalue weighted by Crippen LogP contribution is 2.27. The van der Waals surface area contributed by atoms with Gasteiger partial charge in [0.15, 0.2) is 0 Å². The maximum absolute atomic E-state index is 2.33. The van der Waals surface area contributed by atoms with Gasteiger partial charge in [-0.3, -0.25) is 0 Å². The van der Waals surface area contributed by atoms with Crippen molar-refractivity contribution < 1.29 is 0 Å². The first kappa shape index (κ1) is 15.9. The van der Waals surface area contributed by atoms with Crippen molar-refractivity contribution in [1.29, 1.82) is 0 Å². The topological polar surface area (TPSA) is 0 Å².